The lowest BCUT2D eigenvalue weighted by Gasteiger charge is -2.14. The average molecular weight is 272 g/mol. The molecule has 1 unspecified atom stereocenters. The number of benzene rings is 1. The number of aliphatic carboxylic acids is 1. The summed E-state index contributed by atoms with van der Waals surface area (Å²) in [5.74, 6) is -1.25. The molecule has 1 aliphatic rings. The number of ether oxygens (including phenoxy) is 1. The second kappa shape index (κ2) is 4.81. The van der Waals surface area contributed by atoms with Crippen molar-refractivity contribution in [3.8, 4) is 5.75 Å². The van der Waals surface area contributed by atoms with E-state index in [0.29, 0.717) is 0 Å². The number of hydrogen-bond acceptors (Lipinski definition) is 4. The molecule has 0 aromatic heterocycles. The van der Waals surface area contributed by atoms with Gasteiger partial charge in [-0.1, -0.05) is 11.6 Å². The monoisotopic (exact) mass is 271 g/mol. The van der Waals surface area contributed by atoms with Crippen molar-refractivity contribution in [3.05, 3.63) is 33.3 Å². The van der Waals surface area contributed by atoms with Gasteiger partial charge in [0.15, 0.2) is 11.9 Å². The third-order valence-corrected chi connectivity index (χ3v) is 2.90. The number of nitro groups is 1. The van der Waals surface area contributed by atoms with Crippen LogP contribution in [-0.4, -0.2) is 22.1 Å². The maximum Gasteiger partial charge on any atom is 0.345 e. The van der Waals surface area contributed by atoms with Crippen molar-refractivity contribution < 1.29 is 19.6 Å². The summed E-state index contributed by atoms with van der Waals surface area (Å²) in [5, 5.41) is 20.0. The normalized spacial score (nSPS) is 16.1. The van der Waals surface area contributed by atoms with Crippen LogP contribution in [-0.2, 0) is 4.79 Å². The molecule has 0 bridgehead atoms. The molecule has 0 amide bonds. The molecule has 1 aliphatic carbocycles. The van der Waals surface area contributed by atoms with Crippen molar-refractivity contribution in [3.63, 3.8) is 0 Å². The number of rotatable bonds is 5. The number of carboxylic acid groups (broad SMARTS) is 1. The minimum absolute atomic E-state index is 0.0660. The lowest BCUT2D eigenvalue weighted by Crippen LogP contribution is -2.29. The lowest BCUT2D eigenvalue weighted by atomic mass is 10.2. The van der Waals surface area contributed by atoms with E-state index in [-0.39, 0.29) is 22.4 Å². The molecule has 1 N–H and O–H groups in total. The van der Waals surface area contributed by atoms with Gasteiger partial charge in [0.05, 0.1) is 4.92 Å². The minimum atomic E-state index is -1.11. The van der Waals surface area contributed by atoms with Gasteiger partial charge in [0.2, 0.25) is 0 Å². The third-order valence-electron chi connectivity index (χ3n) is 2.67. The van der Waals surface area contributed by atoms with Crippen LogP contribution in [0.25, 0.3) is 0 Å². The molecular weight excluding hydrogens is 262 g/mol. The fourth-order valence-corrected chi connectivity index (χ4v) is 1.78. The Kier molecular flexibility index (Phi) is 3.38. The summed E-state index contributed by atoms with van der Waals surface area (Å²) in [6.45, 7) is 0. The Labute approximate surface area is 107 Å². The van der Waals surface area contributed by atoms with Crippen molar-refractivity contribution in [2.75, 3.05) is 0 Å². The van der Waals surface area contributed by atoms with E-state index >= 15 is 0 Å². The first-order valence-corrected chi connectivity index (χ1v) is 5.70. The molecule has 0 aliphatic heterocycles. The van der Waals surface area contributed by atoms with Crippen molar-refractivity contribution in [2.45, 2.75) is 18.9 Å². The molecule has 96 valence electrons. The fraction of sp³-hybridized carbons (Fsp3) is 0.364. The molecule has 6 nitrogen and oxygen atoms in total. The summed E-state index contributed by atoms with van der Waals surface area (Å²) >= 11 is 5.66. The van der Waals surface area contributed by atoms with E-state index in [4.69, 9.17) is 21.4 Å². The molecule has 1 fully saturated rings. The zero-order valence-electron chi connectivity index (χ0n) is 9.21. The van der Waals surface area contributed by atoms with E-state index in [2.05, 4.69) is 0 Å². The van der Waals surface area contributed by atoms with E-state index in [9.17, 15) is 14.9 Å². The molecule has 0 radical (unpaired) electrons. The molecule has 0 saturated heterocycles. The summed E-state index contributed by atoms with van der Waals surface area (Å²) in [6.07, 6.45) is 0.487. The lowest BCUT2D eigenvalue weighted by molar-refractivity contribution is -0.386. The second-order valence-electron chi connectivity index (χ2n) is 4.08. The van der Waals surface area contributed by atoms with Gasteiger partial charge >= 0.3 is 11.7 Å². The highest BCUT2D eigenvalue weighted by molar-refractivity contribution is 6.30. The van der Waals surface area contributed by atoms with Gasteiger partial charge in [-0.3, -0.25) is 10.1 Å². The first-order chi connectivity index (χ1) is 8.49. The maximum atomic E-state index is 11.0. The Hall–Kier alpha value is -1.82. The molecule has 1 aromatic rings. The SMILES string of the molecule is O=C(O)C(Oc1ccc(Cl)cc1[N+](=O)[O-])C1CC1. The summed E-state index contributed by atoms with van der Waals surface area (Å²) in [5.41, 5.74) is -0.325. The van der Waals surface area contributed by atoms with Crippen LogP contribution in [0.1, 0.15) is 12.8 Å². The first-order valence-electron chi connectivity index (χ1n) is 5.32. The largest absolute Gasteiger partial charge is 0.478 e. The standard InChI is InChI=1S/C11H10ClNO5/c12-7-3-4-9(8(5-7)13(16)17)18-10(11(14)15)6-1-2-6/h3-6,10H,1-2H2,(H,14,15). The highest BCUT2D eigenvalue weighted by Crippen LogP contribution is 2.38. The molecular formula is C11H10ClNO5. The van der Waals surface area contributed by atoms with Crippen molar-refractivity contribution >= 4 is 23.3 Å². The number of halogens is 1. The van der Waals surface area contributed by atoms with Crippen molar-refractivity contribution in [1.82, 2.24) is 0 Å². The second-order valence-corrected chi connectivity index (χ2v) is 4.52. The molecule has 0 spiro atoms. The van der Waals surface area contributed by atoms with Gasteiger partial charge in [0.25, 0.3) is 0 Å². The predicted molar refractivity (Wildman–Crippen MR) is 62.9 cm³/mol. The number of nitrogens with zero attached hydrogens (tertiary/aromatic N) is 1. The van der Waals surface area contributed by atoms with Gasteiger partial charge in [-0.25, -0.2) is 4.79 Å². The minimum Gasteiger partial charge on any atom is -0.478 e. The first kappa shape index (κ1) is 12.6. The van der Waals surface area contributed by atoms with E-state index in [0.717, 1.165) is 18.9 Å². The molecule has 1 saturated carbocycles. The number of nitro benzene ring substituents is 1. The zero-order chi connectivity index (χ0) is 13.3. The Morgan fingerprint density at radius 3 is 2.72 bits per heavy atom. The molecule has 0 heterocycles. The quantitative estimate of drug-likeness (QED) is 0.656. The topological polar surface area (TPSA) is 89.7 Å². The van der Waals surface area contributed by atoms with E-state index in [1.165, 1.54) is 12.1 Å². The number of carboxylic acids is 1. The van der Waals surface area contributed by atoms with Crippen LogP contribution >= 0.6 is 11.6 Å². The average Bonchev–Trinajstić information content (AvgIpc) is 3.10. The molecule has 18 heavy (non-hydrogen) atoms. The summed E-state index contributed by atoms with van der Waals surface area (Å²) < 4.78 is 5.25. The van der Waals surface area contributed by atoms with E-state index < -0.39 is 17.0 Å². The Morgan fingerprint density at radius 2 is 2.22 bits per heavy atom. The Morgan fingerprint density at radius 1 is 1.56 bits per heavy atom. The van der Waals surface area contributed by atoms with Crippen LogP contribution in [0.3, 0.4) is 0 Å². The van der Waals surface area contributed by atoms with Gasteiger partial charge in [0.1, 0.15) is 0 Å². The van der Waals surface area contributed by atoms with Crippen LogP contribution in [0.15, 0.2) is 18.2 Å². The van der Waals surface area contributed by atoms with E-state index in [1.807, 2.05) is 0 Å². The van der Waals surface area contributed by atoms with E-state index in [1.54, 1.807) is 0 Å². The van der Waals surface area contributed by atoms with Crippen LogP contribution in [0.2, 0.25) is 5.02 Å². The van der Waals surface area contributed by atoms with Gasteiger partial charge in [-0.05, 0) is 25.0 Å². The van der Waals surface area contributed by atoms with Gasteiger partial charge in [-0.2, -0.15) is 0 Å². The Balaban J connectivity index is 2.27. The predicted octanol–water partition coefficient (Wildman–Crippen LogP) is 2.49. The summed E-state index contributed by atoms with van der Waals surface area (Å²) in [4.78, 5) is 21.2. The number of carbonyl (C=O) groups is 1. The highest BCUT2D eigenvalue weighted by atomic mass is 35.5. The molecule has 1 atom stereocenters. The van der Waals surface area contributed by atoms with Crippen LogP contribution in [0.4, 0.5) is 5.69 Å². The van der Waals surface area contributed by atoms with Crippen LogP contribution in [0, 0.1) is 16.0 Å². The number of hydrogen-bond donors (Lipinski definition) is 1. The zero-order valence-corrected chi connectivity index (χ0v) is 9.96. The van der Waals surface area contributed by atoms with Crippen molar-refractivity contribution in [1.29, 1.82) is 0 Å². The summed E-state index contributed by atoms with van der Waals surface area (Å²) in [6, 6.07) is 3.89. The van der Waals surface area contributed by atoms with Gasteiger partial charge < -0.3 is 9.84 Å². The van der Waals surface area contributed by atoms with Gasteiger partial charge in [0, 0.05) is 17.0 Å². The van der Waals surface area contributed by atoms with Crippen LogP contribution < -0.4 is 4.74 Å². The maximum absolute atomic E-state index is 11.0. The smallest absolute Gasteiger partial charge is 0.345 e. The molecule has 7 heteroatoms. The Bertz CT molecular complexity index is 500. The molecule has 1 aromatic carbocycles. The summed E-state index contributed by atoms with van der Waals surface area (Å²) in [7, 11) is 0. The molecule has 2 rings (SSSR count). The highest BCUT2D eigenvalue weighted by Gasteiger charge is 2.39. The van der Waals surface area contributed by atoms with Crippen molar-refractivity contribution in [2.24, 2.45) is 5.92 Å². The third kappa shape index (κ3) is 2.70. The van der Waals surface area contributed by atoms with Crippen LogP contribution in [0.5, 0.6) is 5.75 Å². The fourth-order valence-electron chi connectivity index (χ4n) is 1.62. The van der Waals surface area contributed by atoms with Gasteiger partial charge in [-0.15, -0.1) is 0 Å².